The number of likely N-dealkylation sites (tertiary alicyclic amines) is 1. The van der Waals surface area contributed by atoms with E-state index in [0.717, 1.165) is 18.7 Å². The Morgan fingerprint density at radius 2 is 2.33 bits per heavy atom. The van der Waals surface area contributed by atoms with Crippen molar-refractivity contribution in [3.63, 3.8) is 0 Å². The zero-order valence-electron chi connectivity index (χ0n) is 10.5. The molecule has 4 nitrogen and oxygen atoms in total. The smallest absolute Gasteiger partial charge is 0.347 e. The molecule has 1 unspecified atom stereocenters. The highest BCUT2D eigenvalue weighted by molar-refractivity contribution is 6.30. The van der Waals surface area contributed by atoms with Crippen molar-refractivity contribution < 1.29 is 4.79 Å². The lowest BCUT2D eigenvalue weighted by molar-refractivity contribution is 0.259. The maximum absolute atomic E-state index is 11.8. The van der Waals surface area contributed by atoms with Gasteiger partial charge in [0, 0.05) is 30.2 Å². The fraction of sp³-hybridized carbons (Fsp3) is 0.385. The van der Waals surface area contributed by atoms with Gasteiger partial charge in [-0.25, -0.2) is 4.79 Å². The summed E-state index contributed by atoms with van der Waals surface area (Å²) in [5, 5.41) is 3.30. The third-order valence-electron chi connectivity index (χ3n) is 3.16. The Hall–Kier alpha value is -1.55. The lowest BCUT2D eigenvalue weighted by Crippen LogP contribution is -2.27. The predicted molar refractivity (Wildman–Crippen MR) is 74.4 cm³/mol. The number of carbonyl (C=O) groups is 1. The number of hydrogen-bond acceptors (Lipinski definition) is 1. The number of benzene rings is 1. The normalized spacial score (nSPS) is 21.4. The fourth-order valence-corrected chi connectivity index (χ4v) is 2.12. The maximum atomic E-state index is 11.8. The van der Waals surface area contributed by atoms with E-state index in [9.17, 15) is 4.79 Å². The molecule has 5 heteroatoms. The molecule has 1 fully saturated rings. The number of amidine groups is 1. The van der Waals surface area contributed by atoms with E-state index in [0.29, 0.717) is 16.8 Å². The first-order chi connectivity index (χ1) is 8.56. The molecule has 0 bridgehead atoms. The van der Waals surface area contributed by atoms with E-state index >= 15 is 0 Å². The number of nitrogens with zero attached hydrogens (tertiary/aromatic N) is 2. The van der Waals surface area contributed by atoms with Gasteiger partial charge in [0.25, 0.3) is 0 Å². The average molecular weight is 266 g/mol. The molecule has 2 rings (SSSR count). The van der Waals surface area contributed by atoms with Crippen molar-refractivity contribution in [2.24, 2.45) is 4.99 Å². The van der Waals surface area contributed by atoms with Crippen LogP contribution in [0.3, 0.4) is 0 Å². The number of rotatable bonds is 1. The number of carbonyl (C=O) groups excluding carboxylic acids is 1. The highest BCUT2D eigenvalue weighted by Gasteiger charge is 2.22. The van der Waals surface area contributed by atoms with Crippen LogP contribution in [-0.2, 0) is 0 Å². The van der Waals surface area contributed by atoms with Gasteiger partial charge in [-0.3, -0.25) is 0 Å². The molecule has 0 radical (unpaired) electrons. The molecule has 0 spiro atoms. The van der Waals surface area contributed by atoms with Gasteiger partial charge in [0.1, 0.15) is 5.84 Å². The Kier molecular flexibility index (Phi) is 3.87. The number of aliphatic imine (C=N–C) groups is 1. The highest BCUT2D eigenvalue weighted by atomic mass is 35.5. The van der Waals surface area contributed by atoms with Crippen molar-refractivity contribution >= 4 is 29.2 Å². The molecule has 2 amide bonds. The van der Waals surface area contributed by atoms with Crippen LogP contribution in [0.25, 0.3) is 0 Å². The Balaban J connectivity index is 2.03. The SMILES string of the molecule is CC1CCC(=NC(=O)Nc2cccc(Cl)c2)N1C. The van der Waals surface area contributed by atoms with Crippen LogP contribution >= 0.6 is 11.6 Å². The molecule has 1 aliphatic rings. The van der Waals surface area contributed by atoms with Gasteiger partial charge >= 0.3 is 6.03 Å². The van der Waals surface area contributed by atoms with Crippen LogP contribution in [-0.4, -0.2) is 29.9 Å². The van der Waals surface area contributed by atoms with E-state index in [-0.39, 0.29) is 6.03 Å². The fourth-order valence-electron chi connectivity index (χ4n) is 1.93. The first-order valence-corrected chi connectivity index (χ1v) is 6.31. The molecule has 1 aromatic rings. The van der Waals surface area contributed by atoms with Gasteiger partial charge < -0.3 is 10.2 Å². The van der Waals surface area contributed by atoms with Gasteiger partial charge in [-0.2, -0.15) is 4.99 Å². The van der Waals surface area contributed by atoms with Crippen molar-refractivity contribution in [1.82, 2.24) is 4.90 Å². The van der Waals surface area contributed by atoms with Gasteiger partial charge in [0.15, 0.2) is 0 Å². The monoisotopic (exact) mass is 265 g/mol. The van der Waals surface area contributed by atoms with Gasteiger partial charge in [0.2, 0.25) is 0 Å². The van der Waals surface area contributed by atoms with Gasteiger partial charge in [-0.1, -0.05) is 17.7 Å². The third-order valence-corrected chi connectivity index (χ3v) is 3.40. The van der Waals surface area contributed by atoms with E-state index in [1.54, 1.807) is 24.3 Å². The number of halogens is 1. The first kappa shape index (κ1) is 12.9. The summed E-state index contributed by atoms with van der Waals surface area (Å²) >= 11 is 5.85. The van der Waals surface area contributed by atoms with Crippen LogP contribution < -0.4 is 5.32 Å². The second-order valence-corrected chi connectivity index (χ2v) is 4.90. The van der Waals surface area contributed by atoms with Crippen molar-refractivity contribution in [3.8, 4) is 0 Å². The number of amides is 2. The Morgan fingerprint density at radius 1 is 1.56 bits per heavy atom. The molecule has 1 saturated heterocycles. The summed E-state index contributed by atoms with van der Waals surface area (Å²) in [6.07, 6.45) is 1.89. The van der Waals surface area contributed by atoms with E-state index in [4.69, 9.17) is 11.6 Å². The lowest BCUT2D eigenvalue weighted by Gasteiger charge is -2.17. The number of anilines is 1. The van der Waals surface area contributed by atoms with Crippen molar-refractivity contribution in [1.29, 1.82) is 0 Å². The van der Waals surface area contributed by atoms with Crippen LogP contribution in [0.15, 0.2) is 29.3 Å². The van der Waals surface area contributed by atoms with E-state index < -0.39 is 0 Å². The summed E-state index contributed by atoms with van der Waals surface area (Å²) in [6, 6.07) is 7.12. The van der Waals surface area contributed by atoms with Crippen LogP contribution in [0.2, 0.25) is 5.02 Å². The second kappa shape index (κ2) is 5.40. The second-order valence-electron chi connectivity index (χ2n) is 4.47. The molecule has 18 heavy (non-hydrogen) atoms. The Bertz CT molecular complexity index is 487. The molecule has 0 aliphatic carbocycles. The third kappa shape index (κ3) is 3.01. The molecule has 1 aromatic carbocycles. The summed E-state index contributed by atoms with van der Waals surface area (Å²) in [4.78, 5) is 17.9. The van der Waals surface area contributed by atoms with Crippen LogP contribution in [0.5, 0.6) is 0 Å². The minimum Gasteiger partial charge on any atom is -0.360 e. The summed E-state index contributed by atoms with van der Waals surface area (Å²) in [7, 11) is 1.96. The van der Waals surface area contributed by atoms with E-state index in [1.165, 1.54) is 0 Å². The van der Waals surface area contributed by atoms with Crippen molar-refractivity contribution in [3.05, 3.63) is 29.3 Å². The van der Waals surface area contributed by atoms with Gasteiger partial charge in [-0.05, 0) is 31.5 Å². The Morgan fingerprint density at radius 3 is 2.94 bits per heavy atom. The lowest BCUT2D eigenvalue weighted by atomic mass is 10.2. The molecule has 1 aliphatic heterocycles. The minimum atomic E-state index is -0.354. The zero-order chi connectivity index (χ0) is 13.1. The zero-order valence-corrected chi connectivity index (χ0v) is 11.2. The predicted octanol–water partition coefficient (Wildman–Crippen LogP) is 3.38. The topological polar surface area (TPSA) is 44.7 Å². The molecule has 0 saturated carbocycles. The quantitative estimate of drug-likeness (QED) is 0.846. The van der Waals surface area contributed by atoms with Gasteiger partial charge in [0.05, 0.1) is 0 Å². The largest absolute Gasteiger partial charge is 0.360 e. The van der Waals surface area contributed by atoms with Crippen molar-refractivity contribution in [2.45, 2.75) is 25.8 Å². The molecular weight excluding hydrogens is 250 g/mol. The minimum absolute atomic E-state index is 0.354. The first-order valence-electron chi connectivity index (χ1n) is 5.93. The van der Waals surface area contributed by atoms with Crippen molar-refractivity contribution in [2.75, 3.05) is 12.4 Å². The molecule has 0 aromatic heterocycles. The summed E-state index contributed by atoms with van der Waals surface area (Å²) in [5.74, 6) is 0.835. The standard InChI is InChI=1S/C13H16ClN3O/c1-9-6-7-12(17(9)2)16-13(18)15-11-5-3-4-10(14)8-11/h3-5,8-9H,6-7H2,1-2H3,(H,15,18). The highest BCUT2D eigenvalue weighted by Crippen LogP contribution is 2.18. The van der Waals surface area contributed by atoms with E-state index in [1.807, 2.05) is 11.9 Å². The number of nitrogens with one attached hydrogen (secondary N) is 1. The Labute approximate surface area is 112 Å². The van der Waals surface area contributed by atoms with Crippen LogP contribution in [0.1, 0.15) is 19.8 Å². The molecular formula is C13H16ClN3O. The molecule has 96 valence electrons. The molecule has 1 atom stereocenters. The van der Waals surface area contributed by atoms with Gasteiger partial charge in [-0.15, -0.1) is 0 Å². The number of urea groups is 1. The summed E-state index contributed by atoms with van der Waals surface area (Å²) < 4.78 is 0. The number of hydrogen-bond donors (Lipinski definition) is 1. The summed E-state index contributed by atoms with van der Waals surface area (Å²) in [5.41, 5.74) is 0.658. The average Bonchev–Trinajstić information content (AvgIpc) is 2.61. The summed E-state index contributed by atoms with van der Waals surface area (Å²) in [6.45, 7) is 2.12. The maximum Gasteiger partial charge on any atom is 0.347 e. The molecule has 1 heterocycles. The van der Waals surface area contributed by atoms with Crippen LogP contribution in [0, 0.1) is 0 Å². The van der Waals surface area contributed by atoms with E-state index in [2.05, 4.69) is 17.2 Å². The molecule has 1 N–H and O–H groups in total. The van der Waals surface area contributed by atoms with Crippen LogP contribution in [0.4, 0.5) is 10.5 Å².